The zero-order chi connectivity index (χ0) is 22.9. The topological polar surface area (TPSA) is 84.3 Å². The molecule has 1 atom stereocenters. The molecule has 0 aliphatic carbocycles. The lowest BCUT2D eigenvalue weighted by atomic mass is 10.0. The molecule has 1 fully saturated rings. The van der Waals surface area contributed by atoms with Gasteiger partial charge in [0.15, 0.2) is 0 Å². The number of likely N-dealkylation sites (tertiary alicyclic amines) is 1. The van der Waals surface area contributed by atoms with E-state index >= 15 is 0 Å². The van der Waals surface area contributed by atoms with Gasteiger partial charge in [-0.25, -0.2) is 4.52 Å². The molecule has 8 nitrogen and oxygen atoms in total. The Morgan fingerprint density at radius 1 is 1.18 bits per heavy atom. The van der Waals surface area contributed by atoms with Crippen molar-refractivity contribution in [2.24, 2.45) is 0 Å². The Hall–Kier alpha value is -3.70. The Balaban J connectivity index is 1.54. The van der Waals surface area contributed by atoms with E-state index in [1.807, 2.05) is 43.6 Å². The number of hydrogen-bond acceptors (Lipinski definition) is 6. The summed E-state index contributed by atoms with van der Waals surface area (Å²) in [5, 5.41) is 18.8. The number of hydrogen-bond donors (Lipinski definition) is 0. The quantitative estimate of drug-likeness (QED) is 0.462. The first-order valence-corrected chi connectivity index (χ1v) is 11.3. The smallest absolute Gasteiger partial charge is 0.148 e. The zero-order valence-corrected chi connectivity index (χ0v) is 19.1. The Morgan fingerprint density at radius 2 is 2.00 bits per heavy atom. The summed E-state index contributed by atoms with van der Waals surface area (Å²) in [6.07, 6.45) is 9.10. The maximum absolute atomic E-state index is 9.61. The number of aromatic nitrogens is 5. The molecule has 1 aliphatic heterocycles. The van der Waals surface area contributed by atoms with Gasteiger partial charge in [0.05, 0.1) is 24.1 Å². The number of pyridine rings is 2. The molecule has 1 saturated heterocycles. The van der Waals surface area contributed by atoms with E-state index in [1.165, 1.54) is 0 Å². The summed E-state index contributed by atoms with van der Waals surface area (Å²) in [6, 6.07) is 10.4. The Morgan fingerprint density at radius 3 is 2.73 bits per heavy atom. The first-order chi connectivity index (χ1) is 16.0. The molecule has 0 amide bonds. The van der Waals surface area contributed by atoms with Gasteiger partial charge in [0.2, 0.25) is 0 Å². The van der Waals surface area contributed by atoms with Crippen molar-refractivity contribution in [2.45, 2.75) is 38.8 Å². The lowest BCUT2D eigenvalue weighted by Gasteiger charge is -2.29. The summed E-state index contributed by atoms with van der Waals surface area (Å²) < 4.78 is 10.2. The van der Waals surface area contributed by atoms with Crippen molar-refractivity contribution in [1.82, 2.24) is 29.3 Å². The van der Waals surface area contributed by atoms with Crippen LogP contribution in [0.5, 0.6) is 5.75 Å². The van der Waals surface area contributed by atoms with E-state index in [0.29, 0.717) is 22.9 Å². The lowest BCUT2D eigenvalue weighted by Crippen LogP contribution is -2.32. The second kappa shape index (κ2) is 8.68. The average molecular weight is 442 g/mol. The van der Waals surface area contributed by atoms with Gasteiger partial charge in [0.1, 0.15) is 29.0 Å². The molecule has 5 heterocycles. The molecule has 0 N–H and O–H groups in total. The summed E-state index contributed by atoms with van der Waals surface area (Å²) in [4.78, 5) is 6.77. The van der Waals surface area contributed by atoms with Crippen molar-refractivity contribution in [3.05, 3.63) is 66.0 Å². The highest BCUT2D eigenvalue weighted by Crippen LogP contribution is 2.35. The van der Waals surface area contributed by atoms with Crippen LogP contribution in [0, 0.1) is 18.3 Å². The second-order valence-corrected chi connectivity index (χ2v) is 8.69. The highest BCUT2D eigenvalue weighted by Gasteiger charge is 2.23. The van der Waals surface area contributed by atoms with Crippen LogP contribution in [0.2, 0.25) is 0 Å². The van der Waals surface area contributed by atoms with Crippen LogP contribution >= 0.6 is 0 Å². The first-order valence-electron chi connectivity index (χ1n) is 11.3. The number of rotatable bonds is 5. The van der Waals surface area contributed by atoms with Crippen LogP contribution in [0.4, 0.5) is 0 Å². The third-order valence-corrected chi connectivity index (χ3v) is 6.49. The van der Waals surface area contributed by atoms with E-state index in [9.17, 15) is 5.26 Å². The molecule has 0 spiro atoms. The van der Waals surface area contributed by atoms with Gasteiger partial charge in [0.25, 0.3) is 0 Å². The van der Waals surface area contributed by atoms with Gasteiger partial charge in [0, 0.05) is 29.2 Å². The standard InChI is InChI=1S/C25H27N7O/c1-17-22(15-29-32(17)21-7-10-30(3)11-8-21)19-12-24(25-20(13-26)14-28-31(25)16-19)33-18(2)23-6-4-5-9-27-23/h4-6,9,12,14-16,18,21H,7-8,10-11H2,1-3H3/t18-/m1/s1. The van der Waals surface area contributed by atoms with Crippen molar-refractivity contribution in [1.29, 1.82) is 5.26 Å². The monoisotopic (exact) mass is 441 g/mol. The van der Waals surface area contributed by atoms with Crippen LogP contribution in [0.1, 0.15) is 48.9 Å². The minimum atomic E-state index is -0.283. The van der Waals surface area contributed by atoms with Crippen molar-refractivity contribution in [2.75, 3.05) is 20.1 Å². The number of fused-ring (bicyclic) bond motifs is 1. The molecule has 0 aromatic carbocycles. The third kappa shape index (κ3) is 3.96. The molecule has 4 aromatic heterocycles. The molecule has 168 valence electrons. The molecule has 0 saturated carbocycles. The van der Waals surface area contributed by atoms with E-state index in [4.69, 9.17) is 9.84 Å². The maximum atomic E-state index is 9.61. The lowest BCUT2D eigenvalue weighted by molar-refractivity contribution is 0.210. The van der Waals surface area contributed by atoms with Gasteiger partial charge < -0.3 is 9.64 Å². The minimum Gasteiger partial charge on any atom is -0.482 e. The van der Waals surface area contributed by atoms with Gasteiger partial charge in [-0.05, 0) is 65.0 Å². The highest BCUT2D eigenvalue weighted by atomic mass is 16.5. The van der Waals surface area contributed by atoms with Gasteiger partial charge in [-0.2, -0.15) is 15.5 Å². The molecule has 0 unspecified atom stereocenters. The normalized spacial score (nSPS) is 16.1. The number of piperidine rings is 1. The van der Waals surface area contributed by atoms with E-state index < -0.39 is 0 Å². The summed E-state index contributed by atoms with van der Waals surface area (Å²) in [6.45, 7) is 6.24. The van der Waals surface area contributed by atoms with Crippen molar-refractivity contribution in [3.8, 4) is 22.9 Å². The molecule has 0 bridgehead atoms. The Labute approximate surface area is 193 Å². The van der Waals surface area contributed by atoms with E-state index in [-0.39, 0.29) is 6.10 Å². The Kier molecular flexibility index (Phi) is 5.56. The second-order valence-electron chi connectivity index (χ2n) is 8.69. The molecule has 0 radical (unpaired) electrons. The zero-order valence-electron chi connectivity index (χ0n) is 19.1. The van der Waals surface area contributed by atoms with E-state index in [2.05, 4.69) is 39.7 Å². The molecular formula is C25H27N7O. The maximum Gasteiger partial charge on any atom is 0.148 e. The van der Waals surface area contributed by atoms with Crippen LogP contribution in [0.3, 0.4) is 0 Å². The summed E-state index contributed by atoms with van der Waals surface area (Å²) in [5.41, 5.74) is 5.08. The fourth-order valence-electron chi connectivity index (χ4n) is 4.59. The van der Waals surface area contributed by atoms with Crippen LogP contribution in [0.15, 0.2) is 49.1 Å². The molecule has 8 heteroatoms. The Bertz CT molecular complexity index is 1310. The fraction of sp³-hybridized carbons (Fsp3) is 0.360. The molecule has 1 aliphatic rings. The van der Waals surface area contributed by atoms with Crippen molar-refractivity contribution >= 4 is 5.52 Å². The van der Waals surface area contributed by atoms with E-state index in [0.717, 1.165) is 48.4 Å². The van der Waals surface area contributed by atoms with Gasteiger partial charge in [-0.3, -0.25) is 9.67 Å². The van der Waals surface area contributed by atoms with Gasteiger partial charge in [-0.1, -0.05) is 6.07 Å². The minimum absolute atomic E-state index is 0.283. The molecule has 33 heavy (non-hydrogen) atoms. The molecule has 5 rings (SSSR count). The van der Waals surface area contributed by atoms with Crippen LogP contribution in [-0.2, 0) is 0 Å². The van der Waals surface area contributed by atoms with Crippen LogP contribution in [0.25, 0.3) is 16.6 Å². The highest BCUT2D eigenvalue weighted by molar-refractivity contribution is 5.76. The van der Waals surface area contributed by atoms with Crippen LogP contribution in [-0.4, -0.2) is 49.4 Å². The SMILES string of the molecule is Cc1c(-c2cc(O[C@H](C)c3ccccn3)c3c(C#N)cnn3c2)cnn1C1CCN(C)CC1. The molecular weight excluding hydrogens is 414 g/mol. The predicted octanol–water partition coefficient (Wildman–Crippen LogP) is 4.18. The summed E-state index contributed by atoms with van der Waals surface area (Å²) >= 11 is 0. The summed E-state index contributed by atoms with van der Waals surface area (Å²) in [5.74, 6) is 0.603. The number of nitrogens with zero attached hydrogens (tertiary/aromatic N) is 7. The third-order valence-electron chi connectivity index (χ3n) is 6.49. The van der Waals surface area contributed by atoms with Crippen LogP contribution < -0.4 is 4.74 Å². The largest absolute Gasteiger partial charge is 0.482 e. The van der Waals surface area contributed by atoms with E-state index in [1.54, 1.807) is 16.9 Å². The first kappa shape index (κ1) is 21.2. The van der Waals surface area contributed by atoms with Crippen molar-refractivity contribution < 1.29 is 4.74 Å². The number of nitriles is 1. The number of ether oxygens (including phenoxy) is 1. The predicted molar refractivity (Wildman–Crippen MR) is 125 cm³/mol. The average Bonchev–Trinajstić information content (AvgIpc) is 3.43. The van der Waals surface area contributed by atoms with Gasteiger partial charge in [-0.15, -0.1) is 0 Å². The van der Waals surface area contributed by atoms with Gasteiger partial charge >= 0.3 is 0 Å². The van der Waals surface area contributed by atoms with Crippen molar-refractivity contribution in [3.63, 3.8) is 0 Å². The fourth-order valence-corrected chi connectivity index (χ4v) is 4.59. The molecule has 4 aromatic rings. The summed E-state index contributed by atoms with van der Waals surface area (Å²) in [7, 11) is 2.17.